The van der Waals surface area contributed by atoms with Gasteiger partial charge in [0.1, 0.15) is 0 Å². The highest BCUT2D eigenvalue weighted by atomic mass is 127. The summed E-state index contributed by atoms with van der Waals surface area (Å²) < 4.78 is 1.79. The van der Waals surface area contributed by atoms with E-state index in [-0.39, 0.29) is 11.8 Å². The van der Waals surface area contributed by atoms with Gasteiger partial charge in [-0.2, -0.15) is 0 Å². The van der Waals surface area contributed by atoms with Gasteiger partial charge in [-0.05, 0) is 52.4 Å². The van der Waals surface area contributed by atoms with Crippen molar-refractivity contribution < 1.29 is 9.59 Å². The molecule has 3 nitrogen and oxygen atoms in total. The quantitative estimate of drug-likeness (QED) is 0.524. The molecule has 0 saturated heterocycles. The van der Waals surface area contributed by atoms with Crippen molar-refractivity contribution in [2.45, 2.75) is 6.54 Å². The number of amides is 2. The molecule has 2 amide bonds. The van der Waals surface area contributed by atoms with E-state index in [1.807, 2.05) is 30.3 Å². The molecule has 0 aromatic heterocycles. The van der Waals surface area contributed by atoms with E-state index in [1.165, 1.54) is 4.90 Å². The first-order chi connectivity index (χ1) is 9.58. The molecule has 1 aliphatic rings. The molecule has 0 fully saturated rings. The maximum atomic E-state index is 12.4. The molecule has 100 valence electrons. The molecule has 0 unspecified atom stereocenters. The molecule has 5 heteroatoms. The Morgan fingerprint density at radius 2 is 1.70 bits per heavy atom. The van der Waals surface area contributed by atoms with E-state index in [2.05, 4.69) is 38.5 Å². The van der Waals surface area contributed by atoms with Crippen molar-refractivity contribution in [3.63, 3.8) is 0 Å². The van der Waals surface area contributed by atoms with Crippen LogP contribution in [0.1, 0.15) is 26.3 Å². The van der Waals surface area contributed by atoms with Crippen LogP contribution in [-0.2, 0) is 6.54 Å². The molecule has 2 aromatic rings. The van der Waals surface area contributed by atoms with Crippen LogP contribution in [0.15, 0.2) is 46.9 Å². The summed E-state index contributed by atoms with van der Waals surface area (Å²) in [5.41, 5.74) is 1.95. The van der Waals surface area contributed by atoms with Gasteiger partial charge in [0.15, 0.2) is 0 Å². The topological polar surface area (TPSA) is 37.4 Å². The fraction of sp³-hybridized carbons (Fsp3) is 0.0667. The molecule has 0 saturated carbocycles. The van der Waals surface area contributed by atoms with Gasteiger partial charge in [0.05, 0.1) is 17.7 Å². The molecule has 3 rings (SSSR count). The summed E-state index contributed by atoms with van der Waals surface area (Å²) in [4.78, 5) is 26.0. The fourth-order valence-corrected chi connectivity index (χ4v) is 3.20. The van der Waals surface area contributed by atoms with Gasteiger partial charge in [-0.25, -0.2) is 0 Å². The summed E-state index contributed by atoms with van der Waals surface area (Å²) in [6, 6.07) is 13.0. The molecule has 20 heavy (non-hydrogen) atoms. The predicted octanol–water partition coefficient (Wildman–Crippen LogP) is 3.85. The van der Waals surface area contributed by atoms with Crippen molar-refractivity contribution in [1.82, 2.24) is 4.90 Å². The van der Waals surface area contributed by atoms with Crippen molar-refractivity contribution in [3.05, 3.63) is 67.2 Å². The lowest BCUT2D eigenvalue weighted by Gasteiger charge is -2.13. The maximum Gasteiger partial charge on any atom is 0.262 e. The maximum absolute atomic E-state index is 12.4. The van der Waals surface area contributed by atoms with Crippen molar-refractivity contribution in [2.24, 2.45) is 0 Å². The van der Waals surface area contributed by atoms with Crippen molar-refractivity contribution in [1.29, 1.82) is 0 Å². The Morgan fingerprint density at radius 1 is 1.00 bits per heavy atom. The number of imide groups is 1. The van der Waals surface area contributed by atoms with Crippen LogP contribution in [-0.4, -0.2) is 16.7 Å². The van der Waals surface area contributed by atoms with Gasteiger partial charge in [-0.15, -0.1) is 0 Å². The van der Waals surface area contributed by atoms with Gasteiger partial charge < -0.3 is 0 Å². The van der Waals surface area contributed by atoms with Crippen LogP contribution in [0.5, 0.6) is 0 Å². The smallest absolute Gasteiger partial charge is 0.262 e. The van der Waals surface area contributed by atoms with Crippen LogP contribution in [0.2, 0.25) is 0 Å². The van der Waals surface area contributed by atoms with E-state index in [0.29, 0.717) is 17.7 Å². The first-order valence-corrected chi connectivity index (χ1v) is 7.84. The molecule has 0 aliphatic carbocycles. The average molecular weight is 442 g/mol. The number of fused-ring (bicyclic) bond motifs is 1. The van der Waals surface area contributed by atoms with Crippen molar-refractivity contribution >= 4 is 50.3 Å². The molecular formula is C15H9BrINO2. The predicted molar refractivity (Wildman–Crippen MR) is 87.5 cm³/mol. The molecule has 0 spiro atoms. The molecule has 0 radical (unpaired) electrons. The van der Waals surface area contributed by atoms with Crippen LogP contribution in [0, 0.1) is 3.57 Å². The molecule has 0 atom stereocenters. The summed E-state index contributed by atoms with van der Waals surface area (Å²) >= 11 is 5.46. The second-order valence-corrected chi connectivity index (χ2v) is 6.56. The number of carbonyl (C=O) groups excluding carboxylic acids is 2. The zero-order chi connectivity index (χ0) is 14.3. The van der Waals surface area contributed by atoms with Gasteiger partial charge in [0, 0.05) is 8.04 Å². The Bertz CT molecular complexity index is 712. The Labute approximate surface area is 138 Å². The summed E-state index contributed by atoms with van der Waals surface area (Å²) in [5.74, 6) is -0.427. The standard InChI is InChI=1S/C15H9BrINO2/c16-10-6-4-9(5-7-10)8-18-14(19)11-2-1-3-12(17)13(11)15(18)20/h1-7H,8H2. The number of benzene rings is 2. The van der Waals surface area contributed by atoms with Crippen molar-refractivity contribution in [3.8, 4) is 0 Å². The third-order valence-corrected chi connectivity index (χ3v) is 4.63. The zero-order valence-electron chi connectivity index (χ0n) is 10.3. The lowest BCUT2D eigenvalue weighted by molar-refractivity contribution is 0.0642. The van der Waals surface area contributed by atoms with E-state index in [4.69, 9.17) is 0 Å². The highest BCUT2D eigenvalue weighted by Gasteiger charge is 2.36. The monoisotopic (exact) mass is 441 g/mol. The number of rotatable bonds is 2. The molecule has 1 heterocycles. The van der Waals surface area contributed by atoms with E-state index < -0.39 is 0 Å². The SMILES string of the molecule is O=C1c2cccc(I)c2C(=O)N1Cc1ccc(Br)cc1. The molecule has 0 bridgehead atoms. The molecule has 1 aliphatic heterocycles. The fourth-order valence-electron chi connectivity index (χ4n) is 2.21. The van der Waals surface area contributed by atoms with E-state index in [9.17, 15) is 9.59 Å². The van der Waals surface area contributed by atoms with Gasteiger partial charge in [-0.1, -0.05) is 34.1 Å². The van der Waals surface area contributed by atoms with Gasteiger partial charge in [-0.3, -0.25) is 14.5 Å². The number of nitrogens with zero attached hydrogens (tertiary/aromatic N) is 1. The molecule has 2 aromatic carbocycles. The highest BCUT2D eigenvalue weighted by molar-refractivity contribution is 14.1. The van der Waals surface area contributed by atoms with Crippen molar-refractivity contribution in [2.75, 3.05) is 0 Å². The largest absolute Gasteiger partial charge is 0.270 e. The van der Waals surface area contributed by atoms with Crippen LogP contribution < -0.4 is 0 Å². The number of halogens is 2. The Kier molecular flexibility index (Phi) is 3.64. The number of hydrogen-bond acceptors (Lipinski definition) is 2. The molecular weight excluding hydrogens is 433 g/mol. The van der Waals surface area contributed by atoms with Crippen LogP contribution >= 0.6 is 38.5 Å². The van der Waals surface area contributed by atoms with Crippen LogP contribution in [0.4, 0.5) is 0 Å². The van der Waals surface area contributed by atoms with Crippen LogP contribution in [0.3, 0.4) is 0 Å². The Morgan fingerprint density at radius 3 is 2.35 bits per heavy atom. The molecule has 0 N–H and O–H groups in total. The third kappa shape index (κ3) is 2.29. The van der Waals surface area contributed by atoms with E-state index in [0.717, 1.165) is 13.6 Å². The Balaban J connectivity index is 1.94. The Hall–Kier alpha value is -1.21. The minimum atomic E-state index is -0.216. The summed E-state index contributed by atoms with van der Waals surface area (Å²) in [5, 5.41) is 0. The lowest BCUT2D eigenvalue weighted by Crippen LogP contribution is -2.29. The highest BCUT2D eigenvalue weighted by Crippen LogP contribution is 2.28. The minimum absolute atomic E-state index is 0.210. The van der Waals surface area contributed by atoms with Gasteiger partial charge in [0.2, 0.25) is 0 Å². The first-order valence-electron chi connectivity index (χ1n) is 5.97. The summed E-state index contributed by atoms with van der Waals surface area (Å²) in [6.07, 6.45) is 0. The van der Waals surface area contributed by atoms with Gasteiger partial charge >= 0.3 is 0 Å². The van der Waals surface area contributed by atoms with E-state index in [1.54, 1.807) is 12.1 Å². The second-order valence-electron chi connectivity index (χ2n) is 4.49. The number of hydrogen-bond donors (Lipinski definition) is 0. The summed E-state index contributed by atoms with van der Waals surface area (Å²) in [7, 11) is 0. The third-order valence-electron chi connectivity index (χ3n) is 3.20. The first kappa shape index (κ1) is 13.8. The minimum Gasteiger partial charge on any atom is -0.270 e. The zero-order valence-corrected chi connectivity index (χ0v) is 14.0. The number of carbonyl (C=O) groups is 2. The average Bonchev–Trinajstić information content (AvgIpc) is 2.67. The summed E-state index contributed by atoms with van der Waals surface area (Å²) in [6.45, 7) is 0.301. The lowest BCUT2D eigenvalue weighted by atomic mass is 10.1. The van der Waals surface area contributed by atoms with E-state index >= 15 is 0 Å². The normalized spacial score (nSPS) is 13.8. The second kappa shape index (κ2) is 5.29. The van der Waals surface area contributed by atoms with Crippen LogP contribution in [0.25, 0.3) is 0 Å². The van der Waals surface area contributed by atoms with Gasteiger partial charge in [0.25, 0.3) is 11.8 Å².